The average molecular weight is 668 g/mol. The van der Waals surface area contributed by atoms with Gasteiger partial charge in [0.15, 0.2) is 0 Å². The second-order valence-corrected chi connectivity index (χ2v) is 15.6. The zero-order valence-electron chi connectivity index (χ0n) is 28.9. The van der Waals surface area contributed by atoms with Gasteiger partial charge in [0.2, 0.25) is 0 Å². The van der Waals surface area contributed by atoms with Crippen LogP contribution in [-0.4, -0.2) is 50.7 Å². The topological polar surface area (TPSA) is 113 Å². The van der Waals surface area contributed by atoms with E-state index in [2.05, 4.69) is 96.4 Å². The Hall–Kier alpha value is -4.30. The van der Waals surface area contributed by atoms with Crippen molar-refractivity contribution in [1.82, 2.24) is 30.4 Å². The van der Waals surface area contributed by atoms with E-state index in [9.17, 15) is 10.1 Å². The summed E-state index contributed by atoms with van der Waals surface area (Å²) in [5.74, 6) is 0. The molecule has 0 saturated carbocycles. The number of nitriles is 1. The van der Waals surface area contributed by atoms with Crippen LogP contribution in [0.15, 0.2) is 65.5 Å². The van der Waals surface area contributed by atoms with Gasteiger partial charge in [-0.25, -0.2) is 0 Å². The summed E-state index contributed by atoms with van der Waals surface area (Å²) in [6.07, 6.45) is 7.60. The summed E-state index contributed by atoms with van der Waals surface area (Å²) < 4.78 is 1.60. The van der Waals surface area contributed by atoms with Gasteiger partial charge in [-0.05, 0) is 74.2 Å². The Morgan fingerprint density at radius 1 is 1.08 bits per heavy atom. The van der Waals surface area contributed by atoms with Gasteiger partial charge in [-0.2, -0.15) is 5.26 Å². The van der Waals surface area contributed by atoms with E-state index in [4.69, 9.17) is 11.6 Å². The molecule has 1 saturated heterocycles. The zero-order chi connectivity index (χ0) is 34.4. The van der Waals surface area contributed by atoms with Gasteiger partial charge >= 0.3 is 0 Å². The summed E-state index contributed by atoms with van der Waals surface area (Å²) in [5.41, 5.74) is 11.4. The molecular formula is C37H46ClN9O. The maximum absolute atomic E-state index is 13.2. The Morgan fingerprint density at radius 2 is 1.83 bits per heavy atom. The highest BCUT2D eigenvalue weighted by atomic mass is 35.5. The first-order chi connectivity index (χ1) is 22.7. The number of nitrogens with one attached hydrogen (secondary N) is 4. The van der Waals surface area contributed by atoms with Gasteiger partial charge in [-0.3, -0.25) is 19.7 Å². The largest absolute Gasteiger partial charge is 0.383 e. The van der Waals surface area contributed by atoms with Crippen molar-refractivity contribution in [1.29, 1.82) is 5.26 Å². The molecule has 1 atom stereocenters. The lowest BCUT2D eigenvalue weighted by Crippen LogP contribution is -2.52. The van der Waals surface area contributed by atoms with Crippen LogP contribution in [0.5, 0.6) is 0 Å². The van der Waals surface area contributed by atoms with E-state index >= 15 is 0 Å². The number of aromatic nitrogens is 2. The highest BCUT2D eigenvalue weighted by molar-refractivity contribution is 6.35. The smallest absolute Gasteiger partial charge is 0.258 e. The van der Waals surface area contributed by atoms with Crippen LogP contribution >= 0.6 is 11.6 Å². The number of hydrogen-bond acceptors (Lipinski definition) is 9. The van der Waals surface area contributed by atoms with Crippen LogP contribution in [0, 0.1) is 16.7 Å². The molecule has 0 radical (unpaired) electrons. The number of benzene rings is 2. The molecule has 48 heavy (non-hydrogen) atoms. The molecule has 0 bridgehead atoms. The number of nitrogens with zero attached hydrogens (tertiary/aromatic N) is 5. The standard InChI is InChI=1S/C37H46ClN9O/c1-36(2,3)22-41-32-23(19-39)20-40-33-29(32)17-24(18-30(33)38)42-34(27-9-8-10-28-26(27)13-14-45(7)35(28)48)31-21-47(44-43-31)25-11-15-46(16-12-25)37(4,5)6/h8-10,13-14,17-18,20-21,25,34,42-44H,11-12,15-16,22H2,1-7H3,(H,40,41)/t34-/m0/s1. The van der Waals surface area contributed by atoms with Gasteiger partial charge in [0.25, 0.3) is 5.56 Å². The third-order valence-electron chi connectivity index (χ3n) is 9.34. The molecule has 0 amide bonds. The molecule has 10 nitrogen and oxygen atoms in total. The third-order valence-corrected chi connectivity index (χ3v) is 9.63. The number of aryl methyl sites for hydroxylation is 1. The molecule has 0 spiro atoms. The summed E-state index contributed by atoms with van der Waals surface area (Å²) in [7, 11) is 1.77. The summed E-state index contributed by atoms with van der Waals surface area (Å²) in [6.45, 7) is 16.0. The summed E-state index contributed by atoms with van der Waals surface area (Å²) in [4.78, 5) is 20.3. The third kappa shape index (κ3) is 6.81. The van der Waals surface area contributed by atoms with Gasteiger partial charge < -0.3 is 20.6 Å². The van der Waals surface area contributed by atoms with E-state index in [0.29, 0.717) is 39.8 Å². The van der Waals surface area contributed by atoms with E-state index < -0.39 is 0 Å². The van der Waals surface area contributed by atoms with Crippen LogP contribution in [-0.2, 0) is 7.05 Å². The Balaban J connectivity index is 1.42. The van der Waals surface area contributed by atoms with Crippen molar-refractivity contribution < 1.29 is 0 Å². The highest BCUT2D eigenvalue weighted by Crippen LogP contribution is 2.37. The predicted molar refractivity (Wildman–Crippen MR) is 196 cm³/mol. The van der Waals surface area contributed by atoms with E-state index in [0.717, 1.165) is 53.7 Å². The quantitative estimate of drug-likeness (QED) is 0.172. The first kappa shape index (κ1) is 33.6. The SMILES string of the molecule is Cn1ccc2c([C@H](Nc3cc(Cl)c4ncc(C#N)c(NCC(C)(C)C)c4c3)C3=CN(C4CCN(C(C)(C)C)CC4)NN3)cccc2c1=O. The first-order valence-electron chi connectivity index (χ1n) is 16.6. The summed E-state index contributed by atoms with van der Waals surface area (Å²) in [5, 5.41) is 22.2. The van der Waals surface area contributed by atoms with Crippen molar-refractivity contribution in [3.05, 3.63) is 87.2 Å². The minimum Gasteiger partial charge on any atom is -0.383 e. The van der Waals surface area contributed by atoms with Crippen molar-refractivity contribution in [2.24, 2.45) is 12.5 Å². The number of likely N-dealkylation sites (tertiary alicyclic amines) is 1. The maximum Gasteiger partial charge on any atom is 0.258 e. The minimum absolute atomic E-state index is 0.0126. The van der Waals surface area contributed by atoms with Crippen LogP contribution in [0.25, 0.3) is 21.7 Å². The molecular weight excluding hydrogens is 622 g/mol. The molecule has 4 aromatic rings. The lowest BCUT2D eigenvalue weighted by atomic mass is 9.96. The van der Waals surface area contributed by atoms with E-state index in [1.54, 1.807) is 17.8 Å². The fraction of sp³-hybridized carbons (Fsp3) is 0.432. The number of pyridine rings is 2. The molecule has 11 heteroatoms. The molecule has 0 unspecified atom stereocenters. The number of halogens is 1. The average Bonchev–Trinajstić information content (AvgIpc) is 3.53. The molecule has 6 rings (SSSR count). The van der Waals surface area contributed by atoms with Gasteiger partial charge in [0, 0.05) is 73.3 Å². The number of rotatable bonds is 7. The number of anilines is 2. The van der Waals surface area contributed by atoms with Gasteiger partial charge in [-0.15, -0.1) is 5.53 Å². The Labute approximate surface area is 287 Å². The van der Waals surface area contributed by atoms with E-state index in [-0.39, 0.29) is 22.6 Å². The highest BCUT2D eigenvalue weighted by Gasteiger charge is 2.32. The molecule has 0 aliphatic carbocycles. The molecule has 1 fully saturated rings. The Morgan fingerprint density at radius 3 is 2.52 bits per heavy atom. The normalized spacial score (nSPS) is 16.9. The Bertz CT molecular complexity index is 1970. The first-order valence-corrected chi connectivity index (χ1v) is 17.0. The number of piperidine rings is 1. The van der Waals surface area contributed by atoms with E-state index in [1.807, 2.05) is 36.5 Å². The van der Waals surface area contributed by atoms with Gasteiger partial charge in [0.05, 0.1) is 33.5 Å². The number of hydrazine groups is 2. The van der Waals surface area contributed by atoms with Crippen LogP contribution in [0.3, 0.4) is 0 Å². The van der Waals surface area contributed by atoms with Crippen molar-refractivity contribution in [2.45, 2.75) is 72.0 Å². The molecule has 2 aliphatic rings. The van der Waals surface area contributed by atoms with Crippen LogP contribution < -0.4 is 27.2 Å². The lowest BCUT2D eigenvalue weighted by Gasteiger charge is -2.42. The Kier molecular flexibility index (Phi) is 9.07. The number of hydrogen-bond donors (Lipinski definition) is 4. The molecule has 2 aromatic heterocycles. The molecule has 4 N–H and O–H groups in total. The zero-order valence-corrected chi connectivity index (χ0v) is 29.7. The fourth-order valence-corrected chi connectivity index (χ4v) is 6.88. The predicted octanol–water partition coefficient (Wildman–Crippen LogP) is 6.65. The summed E-state index contributed by atoms with van der Waals surface area (Å²) >= 11 is 6.90. The molecule has 4 heterocycles. The van der Waals surface area contributed by atoms with Gasteiger partial charge in [0.1, 0.15) is 6.07 Å². The minimum atomic E-state index is -0.375. The second-order valence-electron chi connectivity index (χ2n) is 15.2. The number of fused-ring (bicyclic) bond motifs is 2. The van der Waals surface area contributed by atoms with E-state index in [1.165, 1.54) is 0 Å². The van der Waals surface area contributed by atoms with Crippen molar-refractivity contribution in [3.63, 3.8) is 0 Å². The monoisotopic (exact) mass is 667 g/mol. The maximum atomic E-state index is 13.2. The second kappa shape index (κ2) is 13.0. The molecule has 2 aromatic carbocycles. The van der Waals surface area contributed by atoms with Crippen LogP contribution in [0.1, 0.15) is 71.6 Å². The summed E-state index contributed by atoms with van der Waals surface area (Å²) in [6, 6.07) is 14.0. The van der Waals surface area contributed by atoms with Crippen LogP contribution in [0.4, 0.5) is 11.4 Å². The van der Waals surface area contributed by atoms with Crippen molar-refractivity contribution in [3.8, 4) is 6.07 Å². The lowest BCUT2D eigenvalue weighted by molar-refractivity contribution is 0.0570. The molecule has 252 valence electrons. The van der Waals surface area contributed by atoms with Crippen molar-refractivity contribution in [2.75, 3.05) is 30.3 Å². The van der Waals surface area contributed by atoms with Crippen molar-refractivity contribution >= 4 is 44.7 Å². The molecule has 2 aliphatic heterocycles. The van der Waals surface area contributed by atoms with Crippen LogP contribution in [0.2, 0.25) is 5.02 Å². The fourth-order valence-electron chi connectivity index (χ4n) is 6.61. The van der Waals surface area contributed by atoms with Gasteiger partial charge in [-0.1, -0.05) is 44.5 Å².